The van der Waals surface area contributed by atoms with E-state index in [0.29, 0.717) is 5.82 Å². The molecule has 8 heteroatoms. The number of carboxylic acids is 1. The first-order chi connectivity index (χ1) is 8.58. The van der Waals surface area contributed by atoms with Gasteiger partial charge in [0.05, 0.1) is 5.56 Å². The summed E-state index contributed by atoms with van der Waals surface area (Å²) < 4.78 is 0. The highest BCUT2D eigenvalue weighted by atomic mass is 16.4. The van der Waals surface area contributed by atoms with Gasteiger partial charge in [0, 0.05) is 6.20 Å². The van der Waals surface area contributed by atoms with E-state index in [1.807, 2.05) is 0 Å². The summed E-state index contributed by atoms with van der Waals surface area (Å²) in [6.07, 6.45) is 1.34. The number of hydrogen-bond donors (Lipinski definition) is 3. The molecular weight excluding hydrogens is 238 g/mol. The van der Waals surface area contributed by atoms with Crippen molar-refractivity contribution in [1.29, 1.82) is 0 Å². The third-order valence-electron chi connectivity index (χ3n) is 2.08. The van der Waals surface area contributed by atoms with Gasteiger partial charge >= 0.3 is 5.97 Å². The van der Waals surface area contributed by atoms with Gasteiger partial charge in [0.15, 0.2) is 0 Å². The fraction of sp³-hybridized carbons (Fsp3) is 0.100. The molecule has 0 aliphatic heterocycles. The molecule has 0 fully saturated rings. The number of nitrogens with zero attached hydrogens (tertiary/aromatic N) is 3. The molecule has 0 aliphatic rings. The number of nitrogens with one attached hydrogen (secondary N) is 2. The number of aromatic amines is 1. The van der Waals surface area contributed by atoms with Crippen LogP contribution in [0.3, 0.4) is 0 Å². The zero-order valence-corrected chi connectivity index (χ0v) is 9.34. The minimum Gasteiger partial charge on any atom is -0.478 e. The maximum absolute atomic E-state index is 11.8. The average molecular weight is 247 g/mol. The summed E-state index contributed by atoms with van der Waals surface area (Å²) in [5.41, 5.74) is -0.366. The monoisotopic (exact) mass is 247 g/mol. The lowest BCUT2D eigenvalue weighted by Gasteiger charge is -2.03. The predicted molar refractivity (Wildman–Crippen MR) is 60.3 cm³/mol. The molecule has 92 valence electrons. The number of carbonyl (C=O) groups is 2. The van der Waals surface area contributed by atoms with E-state index < -0.39 is 11.9 Å². The summed E-state index contributed by atoms with van der Waals surface area (Å²) >= 11 is 0. The van der Waals surface area contributed by atoms with Gasteiger partial charge in [-0.05, 0) is 19.1 Å². The summed E-state index contributed by atoms with van der Waals surface area (Å²) in [5, 5.41) is 17.5. The molecule has 0 saturated heterocycles. The fourth-order valence-corrected chi connectivity index (χ4v) is 1.32. The van der Waals surface area contributed by atoms with Crippen molar-refractivity contribution < 1.29 is 14.7 Å². The van der Waals surface area contributed by atoms with Crippen LogP contribution in [0.5, 0.6) is 0 Å². The van der Waals surface area contributed by atoms with E-state index in [0.717, 1.165) is 0 Å². The van der Waals surface area contributed by atoms with Crippen LogP contribution in [-0.2, 0) is 0 Å². The van der Waals surface area contributed by atoms with Gasteiger partial charge in [0.2, 0.25) is 5.95 Å². The van der Waals surface area contributed by atoms with Gasteiger partial charge in [0.1, 0.15) is 11.5 Å². The van der Waals surface area contributed by atoms with Crippen LogP contribution in [0.1, 0.15) is 26.7 Å². The van der Waals surface area contributed by atoms with E-state index in [2.05, 4.69) is 25.5 Å². The predicted octanol–water partition coefficient (Wildman–Crippen LogP) is 0.459. The van der Waals surface area contributed by atoms with E-state index in [9.17, 15) is 9.59 Å². The number of carbonyl (C=O) groups excluding carboxylic acids is 1. The van der Waals surface area contributed by atoms with Crippen LogP contribution in [-0.4, -0.2) is 37.1 Å². The summed E-state index contributed by atoms with van der Waals surface area (Å²) in [4.78, 5) is 30.4. The highest BCUT2D eigenvalue weighted by molar-refractivity contribution is 6.08. The lowest BCUT2D eigenvalue weighted by molar-refractivity contribution is 0.0691. The number of aromatic nitrogens is 4. The van der Waals surface area contributed by atoms with Crippen LogP contribution >= 0.6 is 0 Å². The molecule has 1 amide bonds. The van der Waals surface area contributed by atoms with Crippen molar-refractivity contribution >= 4 is 17.8 Å². The molecule has 18 heavy (non-hydrogen) atoms. The van der Waals surface area contributed by atoms with Gasteiger partial charge in [0.25, 0.3) is 5.91 Å². The summed E-state index contributed by atoms with van der Waals surface area (Å²) in [5.74, 6) is -1.30. The smallest absolute Gasteiger partial charge is 0.338 e. The van der Waals surface area contributed by atoms with Gasteiger partial charge in [-0.15, -0.1) is 5.10 Å². The molecule has 3 N–H and O–H groups in total. The fourth-order valence-electron chi connectivity index (χ4n) is 1.32. The number of anilines is 1. The lowest BCUT2D eigenvalue weighted by Crippen LogP contribution is -2.18. The van der Waals surface area contributed by atoms with Crippen LogP contribution in [0, 0.1) is 6.92 Å². The molecule has 8 nitrogen and oxygen atoms in total. The molecule has 2 heterocycles. The third kappa shape index (κ3) is 2.32. The number of pyridine rings is 1. The van der Waals surface area contributed by atoms with Crippen LogP contribution in [0.15, 0.2) is 18.3 Å². The second kappa shape index (κ2) is 4.62. The highest BCUT2D eigenvalue weighted by Crippen LogP contribution is 2.08. The van der Waals surface area contributed by atoms with Crippen molar-refractivity contribution in [2.45, 2.75) is 6.92 Å². The Morgan fingerprint density at radius 3 is 2.83 bits per heavy atom. The van der Waals surface area contributed by atoms with Crippen LogP contribution in [0.25, 0.3) is 0 Å². The molecule has 2 rings (SSSR count). The zero-order valence-electron chi connectivity index (χ0n) is 9.34. The minimum absolute atomic E-state index is 0.0690. The van der Waals surface area contributed by atoms with E-state index >= 15 is 0 Å². The summed E-state index contributed by atoms with van der Waals surface area (Å²) in [7, 11) is 0. The van der Waals surface area contributed by atoms with Gasteiger partial charge < -0.3 is 5.11 Å². The Bertz CT molecular complexity index is 607. The van der Waals surface area contributed by atoms with E-state index in [1.54, 1.807) is 6.92 Å². The molecular formula is C10H9N5O3. The van der Waals surface area contributed by atoms with E-state index in [4.69, 9.17) is 5.11 Å². The largest absolute Gasteiger partial charge is 0.478 e. The van der Waals surface area contributed by atoms with Crippen molar-refractivity contribution in [2.24, 2.45) is 0 Å². The quantitative estimate of drug-likeness (QED) is 0.724. The van der Waals surface area contributed by atoms with Crippen molar-refractivity contribution in [3.8, 4) is 0 Å². The lowest BCUT2D eigenvalue weighted by atomic mass is 10.2. The molecule has 0 spiro atoms. The second-order valence-electron chi connectivity index (χ2n) is 3.40. The zero-order chi connectivity index (χ0) is 13.1. The Labute approximate surface area is 101 Å². The maximum Gasteiger partial charge on any atom is 0.338 e. The average Bonchev–Trinajstić information content (AvgIpc) is 2.74. The standard InChI is InChI=1S/C10H9N5O3/c1-5-12-10(15-14-5)13-8(16)7-6(9(17)18)3-2-4-11-7/h2-4H,1H3,(H,17,18)(H2,12,13,14,15,16). The molecule has 0 bridgehead atoms. The first-order valence-corrected chi connectivity index (χ1v) is 4.96. The first kappa shape index (κ1) is 11.7. The topological polar surface area (TPSA) is 121 Å². The third-order valence-corrected chi connectivity index (χ3v) is 2.08. The van der Waals surface area contributed by atoms with Crippen LogP contribution in [0.2, 0.25) is 0 Å². The molecule has 0 saturated carbocycles. The minimum atomic E-state index is -1.22. The van der Waals surface area contributed by atoms with Gasteiger partial charge in [-0.2, -0.15) is 4.98 Å². The maximum atomic E-state index is 11.8. The molecule has 0 atom stereocenters. The molecule has 2 aromatic rings. The van der Waals surface area contributed by atoms with E-state index in [-0.39, 0.29) is 17.2 Å². The van der Waals surface area contributed by atoms with Crippen LogP contribution < -0.4 is 5.32 Å². The number of carboxylic acid groups (broad SMARTS) is 1. The highest BCUT2D eigenvalue weighted by Gasteiger charge is 2.18. The Morgan fingerprint density at radius 2 is 2.22 bits per heavy atom. The Morgan fingerprint density at radius 1 is 1.44 bits per heavy atom. The van der Waals surface area contributed by atoms with E-state index in [1.165, 1.54) is 18.3 Å². The normalized spacial score (nSPS) is 10.1. The Kier molecular flexibility index (Phi) is 3.00. The Hall–Kier alpha value is -2.77. The molecule has 0 aromatic carbocycles. The molecule has 2 aromatic heterocycles. The number of H-pyrrole nitrogens is 1. The van der Waals surface area contributed by atoms with Gasteiger partial charge in [-0.3, -0.25) is 20.2 Å². The number of rotatable bonds is 3. The molecule has 0 radical (unpaired) electrons. The van der Waals surface area contributed by atoms with Crippen molar-refractivity contribution in [1.82, 2.24) is 20.2 Å². The first-order valence-electron chi connectivity index (χ1n) is 4.96. The number of amides is 1. The SMILES string of the molecule is Cc1nc(NC(=O)c2ncccc2C(=O)O)n[nH]1. The van der Waals surface area contributed by atoms with Crippen LogP contribution in [0.4, 0.5) is 5.95 Å². The van der Waals surface area contributed by atoms with Crippen molar-refractivity contribution in [3.63, 3.8) is 0 Å². The van der Waals surface area contributed by atoms with Gasteiger partial charge in [-0.25, -0.2) is 4.79 Å². The summed E-state index contributed by atoms with van der Waals surface area (Å²) in [6, 6.07) is 2.74. The van der Waals surface area contributed by atoms with Gasteiger partial charge in [-0.1, -0.05) is 0 Å². The van der Waals surface area contributed by atoms with Crippen molar-refractivity contribution in [3.05, 3.63) is 35.4 Å². The Balaban J connectivity index is 2.26. The van der Waals surface area contributed by atoms with Crippen molar-refractivity contribution in [2.75, 3.05) is 5.32 Å². The number of hydrogen-bond acceptors (Lipinski definition) is 5. The number of aryl methyl sites for hydroxylation is 1. The molecule has 0 unspecified atom stereocenters. The number of aromatic carboxylic acids is 1. The summed E-state index contributed by atoms with van der Waals surface area (Å²) in [6.45, 7) is 1.67. The molecule has 0 aliphatic carbocycles. The second-order valence-corrected chi connectivity index (χ2v) is 3.40.